The van der Waals surface area contributed by atoms with Crippen LogP contribution in [-0.2, 0) is 16.2 Å². The second-order valence-electron chi connectivity index (χ2n) is 6.77. The van der Waals surface area contributed by atoms with Gasteiger partial charge < -0.3 is 4.74 Å². The van der Waals surface area contributed by atoms with Crippen LogP contribution < -0.4 is 15.4 Å². The zero-order chi connectivity index (χ0) is 20.4. The molecule has 0 unspecified atom stereocenters. The van der Waals surface area contributed by atoms with Gasteiger partial charge >= 0.3 is 6.03 Å². The van der Waals surface area contributed by atoms with Gasteiger partial charge in [0.2, 0.25) is 0 Å². The fraction of sp³-hybridized carbons (Fsp3) is 0.0870. The van der Waals surface area contributed by atoms with Gasteiger partial charge in [-0.3, -0.25) is 20.2 Å². The molecule has 6 nitrogen and oxygen atoms in total. The first-order valence-electron chi connectivity index (χ1n) is 9.10. The number of benzene rings is 3. The highest BCUT2D eigenvalue weighted by Crippen LogP contribution is 2.31. The largest absolute Gasteiger partial charge is 0.488 e. The third-order valence-corrected chi connectivity index (χ3v) is 4.68. The Morgan fingerprint density at radius 2 is 1.55 bits per heavy atom. The molecule has 3 aromatic rings. The van der Waals surface area contributed by atoms with Crippen LogP contribution in [0.3, 0.4) is 0 Å². The molecule has 0 atom stereocenters. The van der Waals surface area contributed by atoms with Gasteiger partial charge in [-0.05, 0) is 35.4 Å². The van der Waals surface area contributed by atoms with Crippen molar-refractivity contribution in [2.75, 3.05) is 0 Å². The molecule has 29 heavy (non-hydrogen) atoms. The molecule has 4 rings (SSSR count). The van der Waals surface area contributed by atoms with Crippen LogP contribution >= 0.6 is 0 Å². The maximum absolute atomic E-state index is 12.2. The number of carbonyl (C=O) groups excluding carboxylic acids is 3. The average Bonchev–Trinajstić information content (AvgIpc) is 2.70. The smallest absolute Gasteiger partial charge is 0.328 e. The van der Waals surface area contributed by atoms with E-state index in [1.54, 1.807) is 0 Å². The van der Waals surface area contributed by atoms with Crippen LogP contribution in [0.2, 0.25) is 0 Å². The van der Waals surface area contributed by atoms with Gasteiger partial charge in [0.1, 0.15) is 17.9 Å². The second-order valence-corrected chi connectivity index (χ2v) is 6.77. The number of fused-ring (bicyclic) bond motifs is 1. The third-order valence-electron chi connectivity index (χ3n) is 4.68. The van der Waals surface area contributed by atoms with Crippen molar-refractivity contribution in [3.05, 3.63) is 82.9 Å². The van der Waals surface area contributed by atoms with Crippen LogP contribution in [-0.4, -0.2) is 17.8 Å². The van der Waals surface area contributed by atoms with Crippen molar-refractivity contribution >= 4 is 34.7 Å². The zero-order valence-corrected chi connectivity index (χ0v) is 15.7. The SMILES string of the molecule is Cc1ccc(COc2ccc3ccccc3c2C=C2C(=O)NC(=O)NC2=O)cc1. The number of ether oxygens (including phenoxy) is 1. The molecule has 0 bridgehead atoms. The standard InChI is InChI=1S/C23H18N2O4/c1-14-6-8-15(9-7-14)13-29-20-11-10-16-4-2-3-5-17(16)18(20)12-19-21(26)24-23(28)25-22(19)27/h2-12H,13H2,1H3,(H2,24,25,26,27,28). The number of nitrogens with one attached hydrogen (secondary N) is 2. The highest BCUT2D eigenvalue weighted by molar-refractivity contribution is 6.31. The lowest BCUT2D eigenvalue weighted by Crippen LogP contribution is -2.51. The molecule has 1 saturated heterocycles. The molecule has 2 N–H and O–H groups in total. The maximum Gasteiger partial charge on any atom is 0.328 e. The number of imide groups is 2. The summed E-state index contributed by atoms with van der Waals surface area (Å²) in [5, 5.41) is 5.96. The minimum absolute atomic E-state index is 0.152. The second kappa shape index (κ2) is 7.59. The first-order chi connectivity index (χ1) is 14.0. The van der Waals surface area contributed by atoms with E-state index in [0.717, 1.165) is 21.9 Å². The molecule has 1 heterocycles. The summed E-state index contributed by atoms with van der Waals surface area (Å²) < 4.78 is 6.03. The summed E-state index contributed by atoms with van der Waals surface area (Å²) in [6.07, 6.45) is 1.46. The molecule has 0 aliphatic carbocycles. The summed E-state index contributed by atoms with van der Waals surface area (Å²) in [6.45, 7) is 2.36. The van der Waals surface area contributed by atoms with Crippen LogP contribution in [0.15, 0.2) is 66.2 Å². The van der Waals surface area contributed by atoms with Gasteiger partial charge in [-0.15, -0.1) is 0 Å². The highest BCUT2D eigenvalue weighted by Gasteiger charge is 2.28. The van der Waals surface area contributed by atoms with E-state index in [-0.39, 0.29) is 5.57 Å². The molecular weight excluding hydrogens is 368 g/mol. The number of rotatable bonds is 4. The summed E-state index contributed by atoms with van der Waals surface area (Å²) >= 11 is 0. The van der Waals surface area contributed by atoms with Crippen molar-refractivity contribution in [2.45, 2.75) is 13.5 Å². The molecule has 3 aromatic carbocycles. The predicted molar refractivity (Wildman–Crippen MR) is 109 cm³/mol. The summed E-state index contributed by atoms with van der Waals surface area (Å²) in [7, 11) is 0. The summed E-state index contributed by atoms with van der Waals surface area (Å²) in [5.74, 6) is -0.943. The molecule has 1 fully saturated rings. The van der Waals surface area contributed by atoms with Crippen molar-refractivity contribution in [2.24, 2.45) is 0 Å². The van der Waals surface area contributed by atoms with Gasteiger partial charge in [0.05, 0.1) is 0 Å². The molecule has 0 spiro atoms. The summed E-state index contributed by atoms with van der Waals surface area (Å²) in [5.41, 5.74) is 2.61. The first-order valence-corrected chi connectivity index (χ1v) is 9.10. The van der Waals surface area contributed by atoms with E-state index in [9.17, 15) is 14.4 Å². The lowest BCUT2D eigenvalue weighted by molar-refractivity contribution is -0.123. The van der Waals surface area contributed by atoms with Crippen molar-refractivity contribution in [3.63, 3.8) is 0 Å². The van der Waals surface area contributed by atoms with Crippen LogP contribution in [0, 0.1) is 6.92 Å². The molecule has 0 saturated carbocycles. The van der Waals surface area contributed by atoms with E-state index in [4.69, 9.17) is 4.74 Å². The van der Waals surface area contributed by atoms with Crippen LogP contribution in [0.1, 0.15) is 16.7 Å². The Hall–Kier alpha value is -3.93. The Labute approximate surface area is 167 Å². The molecule has 0 radical (unpaired) electrons. The Morgan fingerprint density at radius 1 is 0.862 bits per heavy atom. The fourth-order valence-corrected chi connectivity index (χ4v) is 3.15. The Kier molecular flexibility index (Phi) is 4.83. The van der Waals surface area contributed by atoms with Gasteiger partial charge in [0.15, 0.2) is 0 Å². The minimum Gasteiger partial charge on any atom is -0.488 e. The molecule has 1 aliphatic rings. The van der Waals surface area contributed by atoms with E-state index < -0.39 is 17.8 Å². The normalized spacial score (nSPS) is 13.8. The van der Waals surface area contributed by atoms with Crippen molar-refractivity contribution in [3.8, 4) is 5.75 Å². The molecule has 1 aliphatic heterocycles. The van der Waals surface area contributed by atoms with Crippen LogP contribution in [0.4, 0.5) is 4.79 Å². The monoisotopic (exact) mass is 386 g/mol. The van der Waals surface area contributed by atoms with Gasteiger partial charge in [-0.25, -0.2) is 4.79 Å². The van der Waals surface area contributed by atoms with Gasteiger partial charge in [-0.2, -0.15) is 0 Å². The van der Waals surface area contributed by atoms with Gasteiger partial charge in [0, 0.05) is 5.56 Å². The van der Waals surface area contributed by atoms with Crippen molar-refractivity contribution in [1.82, 2.24) is 10.6 Å². The number of barbiturate groups is 1. The third kappa shape index (κ3) is 3.87. The van der Waals surface area contributed by atoms with Crippen LogP contribution in [0.25, 0.3) is 16.8 Å². The zero-order valence-electron chi connectivity index (χ0n) is 15.7. The minimum atomic E-state index is -0.828. The number of amides is 4. The molecule has 144 valence electrons. The van der Waals surface area contributed by atoms with E-state index in [1.807, 2.05) is 67.6 Å². The van der Waals surface area contributed by atoms with E-state index in [1.165, 1.54) is 6.08 Å². The Bertz CT molecular complexity index is 1140. The number of aryl methyl sites for hydroxylation is 1. The van der Waals surface area contributed by atoms with E-state index in [2.05, 4.69) is 10.6 Å². The Balaban J connectivity index is 1.76. The van der Waals surface area contributed by atoms with E-state index >= 15 is 0 Å². The highest BCUT2D eigenvalue weighted by atomic mass is 16.5. The predicted octanol–water partition coefficient (Wildman–Crippen LogP) is 3.48. The van der Waals surface area contributed by atoms with E-state index in [0.29, 0.717) is 17.9 Å². The topological polar surface area (TPSA) is 84.5 Å². The quantitative estimate of drug-likeness (QED) is 0.531. The number of carbonyl (C=O) groups is 3. The van der Waals surface area contributed by atoms with Crippen LogP contribution in [0.5, 0.6) is 5.75 Å². The Morgan fingerprint density at radius 3 is 2.28 bits per heavy atom. The summed E-state index contributed by atoms with van der Waals surface area (Å²) in [6, 6.07) is 18.5. The van der Waals surface area contributed by atoms with Gasteiger partial charge in [-0.1, -0.05) is 60.2 Å². The molecule has 6 heteroatoms. The van der Waals surface area contributed by atoms with Gasteiger partial charge in [0.25, 0.3) is 11.8 Å². The van der Waals surface area contributed by atoms with Crippen molar-refractivity contribution < 1.29 is 19.1 Å². The molecule has 4 amide bonds. The fourth-order valence-electron chi connectivity index (χ4n) is 3.15. The molecule has 0 aromatic heterocycles. The number of hydrogen-bond donors (Lipinski definition) is 2. The lowest BCUT2D eigenvalue weighted by Gasteiger charge is -2.16. The lowest BCUT2D eigenvalue weighted by atomic mass is 10.00. The molecular formula is C23H18N2O4. The first kappa shape index (κ1) is 18.4. The summed E-state index contributed by atoms with van der Waals surface area (Å²) in [4.78, 5) is 35.7. The number of urea groups is 1. The van der Waals surface area contributed by atoms with Crippen molar-refractivity contribution in [1.29, 1.82) is 0 Å². The maximum atomic E-state index is 12.2. The average molecular weight is 386 g/mol. The number of hydrogen-bond acceptors (Lipinski definition) is 4.